The molecule has 3 nitrogen and oxygen atoms in total. The molecule has 1 atom stereocenters. The van der Waals surface area contributed by atoms with Crippen LogP contribution >= 0.6 is 11.6 Å². The summed E-state index contributed by atoms with van der Waals surface area (Å²) in [6.45, 7) is 2.00. The van der Waals surface area contributed by atoms with E-state index in [0.29, 0.717) is 5.56 Å². The molecule has 1 N–H and O–H groups in total. The lowest BCUT2D eigenvalue weighted by atomic mass is 10.1. The summed E-state index contributed by atoms with van der Waals surface area (Å²) >= 11 is 5.79. The first-order chi connectivity index (χ1) is 10.1. The van der Waals surface area contributed by atoms with Gasteiger partial charge in [-0.05, 0) is 36.8 Å². The quantitative estimate of drug-likeness (QED) is 0.842. The number of nitrogens with one attached hydrogen (secondary N) is 1. The molecule has 0 saturated heterocycles. The van der Waals surface area contributed by atoms with Gasteiger partial charge in [0.2, 0.25) is 0 Å². The number of hydrogen-bond acceptors (Lipinski definition) is 3. The second-order valence-electron chi connectivity index (χ2n) is 4.37. The summed E-state index contributed by atoms with van der Waals surface area (Å²) in [5, 5.41) is 3.04. The Labute approximate surface area is 127 Å². The number of esters is 1. The van der Waals surface area contributed by atoms with Crippen molar-refractivity contribution in [1.82, 2.24) is 0 Å². The fourth-order valence-corrected chi connectivity index (χ4v) is 2.09. The molecule has 1 unspecified atom stereocenters. The summed E-state index contributed by atoms with van der Waals surface area (Å²) in [5.41, 5.74) is 1.31. The largest absolute Gasteiger partial charge is 0.464 e. The second kappa shape index (κ2) is 7.09. The molecule has 0 saturated carbocycles. The molecule has 0 heterocycles. The summed E-state index contributed by atoms with van der Waals surface area (Å²) in [6, 6.07) is 12.7. The Bertz CT molecular complexity index is 619. The van der Waals surface area contributed by atoms with Crippen molar-refractivity contribution in [3.63, 3.8) is 0 Å². The Morgan fingerprint density at radius 2 is 2.00 bits per heavy atom. The van der Waals surface area contributed by atoms with Gasteiger partial charge in [-0.25, -0.2) is 9.18 Å². The molecule has 21 heavy (non-hydrogen) atoms. The monoisotopic (exact) mass is 307 g/mol. The smallest absolute Gasteiger partial charge is 0.333 e. The highest BCUT2D eigenvalue weighted by molar-refractivity contribution is 6.30. The normalized spacial score (nSPS) is 11.8. The van der Waals surface area contributed by atoms with E-state index in [9.17, 15) is 9.18 Å². The van der Waals surface area contributed by atoms with E-state index in [-0.39, 0.29) is 11.6 Å². The Balaban J connectivity index is 2.31. The van der Waals surface area contributed by atoms with Crippen LogP contribution < -0.4 is 5.32 Å². The van der Waals surface area contributed by atoms with Crippen molar-refractivity contribution in [3.8, 4) is 0 Å². The van der Waals surface area contributed by atoms with Crippen LogP contribution in [-0.4, -0.2) is 12.6 Å². The van der Waals surface area contributed by atoms with Crippen molar-refractivity contribution in [2.24, 2.45) is 0 Å². The average molecular weight is 308 g/mol. The average Bonchev–Trinajstić information content (AvgIpc) is 2.49. The van der Waals surface area contributed by atoms with E-state index in [1.165, 1.54) is 18.2 Å². The maximum Gasteiger partial charge on any atom is 0.333 e. The van der Waals surface area contributed by atoms with Gasteiger partial charge in [0.15, 0.2) is 6.04 Å². The molecular formula is C16H15ClFNO2. The van der Waals surface area contributed by atoms with E-state index < -0.39 is 17.8 Å². The predicted molar refractivity (Wildman–Crippen MR) is 80.8 cm³/mol. The molecule has 2 rings (SSSR count). The highest BCUT2D eigenvalue weighted by Crippen LogP contribution is 2.25. The Hall–Kier alpha value is -2.07. The second-order valence-corrected chi connectivity index (χ2v) is 4.78. The van der Waals surface area contributed by atoms with Crippen LogP contribution in [-0.2, 0) is 9.53 Å². The van der Waals surface area contributed by atoms with Gasteiger partial charge in [-0.15, -0.1) is 0 Å². The third-order valence-electron chi connectivity index (χ3n) is 2.88. The number of para-hydroxylation sites is 1. The van der Waals surface area contributed by atoms with Gasteiger partial charge in [0.1, 0.15) is 5.82 Å². The van der Waals surface area contributed by atoms with Crippen LogP contribution in [0, 0.1) is 5.82 Å². The minimum Gasteiger partial charge on any atom is -0.464 e. The van der Waals surface area contributed by atoms with Crippen molar-refractivity contribution in [3.05, 3.63) is 64.9 Å². The van der Waals surface area contributed by atoms with Gasteiger partial charge in [0, 0.05) is 5.69 Å². The lowest BCUT2D eigenvalue weighted by Gasteiger charge is -2.19. The molecule has 0 bridgehead atoms. The summed E-state index contributed by atoms with van der Waals surface area (Å²) in [6.07, 6.45) is 0. The molecule has 0 spiro atoms. The third-order valence-corrected chi connectivity index (χ3v) is 3.17. The van der Waals surface area contributed by atoms with Crippen LogP contribution in [0.3, 0.4) is 0 Å². The maximum atomic E-state index is 13.3. The first kappa shape index (κ1) is 15.3. The van der Waals surface area contributed by atoms with Crippen molar-refractivity contribution in [2.45, 2.75) is 13.0 Å². The molecule has 0 aromatic heterocycles. The van der Waals surface area contributed by atoms with Gasteiger partial charge in [-0.1, -0.05) is 35.9 Å². The van der Waals surface area contributed by atoms with Crippen molar-refractivity contribution in [1.29, 1.82) is 0 Å². The molecule has 2 aromatic carbocycles. The first-order valence-corrected chi connectivity index (χ1v) is 6.92. The van der Waals surface area contributed by atoms with Crippen molar-refractivity contribution < 1.29 is 13.9 Å². The van der Waals surface area contributed by atoms with Gasteiger partial charge in [0.05, 0.1) is 11.6 Å². The van der Waals surface area contributed by atoms with Gasteiger partial charge in [-0.2, -0.15) is 0 Å². The lowest BCUT2D eigenvalue weighted by molar-refractivity contribution is -0.144. The van der Waals surface area contributed by atoms with E-state index in [1.54, 1.807) is 6.92 Å². The number of rotatable bonds is 5. The fraction of sp³-hybridized carbons (Fsp3) is 0.188. The number of ether oxygens (including phenoxy) is 1. The molecule has 0 aliphatic heterocycles. The number of carbonyl (C=O) groups excluding carboxylic acids is 1. The third kappa shape index (κ3) is 3.95. The number of halogens is 2. The lowest BCUT2D eigenvalue weighted by Crippen LogP contribution is -2.23. The van der Waals surface area contributed by atoms with E-state index in [4.69, 9.17) is 16.3 Å². The van der Waals surface area contributed by atoms with Crippen LogP contribution in [0.2, 0.25) is 5.02 Å². The molecule has 0 aliphatic rings. The molecule has 110 valence electrons. The molecule has 0 fully saturated rings. The summed E-state index contributed by atoms with van der Waals surface area (Å²) < 4.78 is 18.3. The van der Waals surface area contributed by atoms with E-state index >= 15 is 0 Å². The van der Waals surface area contributed by atoms with Gasteiger partial charge in [0.25, 0.3) is 0 Å². The van der Waals surface area contributed by atoms with Crippen LogP contribution in [0.5, 0.6) is 0 Å². The fourth-order valence-electron chi connectivity index (χ4n) is 1.90. The minimum atomic E-state index is -0.745. The molecule has 2 aromatic rings. The zero-order valence-electron chi connectivity index (χ0n) is 11.5. The zero-order valence-corrected chi connectivity index (χ0v) is 12.2. The SMILES string of the molecule is CCOC(=O)C(Nc1ccccc1)c1ccc(F)c(Cl)c1. The van der Waals surface area contributed by atoms with E-state index in [0.717, 1.165) is 5.69 Å². The Kier molecular flexibility index (Phi) is 5.17. The summed E-state index contributed by atoms with van der Waals surface area (Å²) in [4.78, 5) is 12.1. The number of hydrogen-bond donors (Lipinski definition) is 1. The highest BCUT2D eigenvalue weighted by atomic mass is 35.5. The van der Waals surface area contributed by atoms with Crippen LogP contribution in [0.25, 0.3) is 0 Å². The van der Waals surface area contributed by atoms with E-state index in [1.807, 2.05) is 30.3 Å². The van der Waals surface area contributed by atoms with Crippen LogP contribution in [0.1, 0.15) is 18.5 Å². The number of anilines is 1. The minimum absolute atomic E-state index is 0.0309. The zero-order chi connectivity index (χ0) is 15.2. The topological polar surface area (TPSA) is 38.3 Å². The summed E-state index contributed by atoms with van der Waals surface area (Å²) in [5.74, 6) is -0.966. The van der Waals surface area contributed by atoms with Gasteiger partial charge in [-0.3, -0.25) is 0 Å². The van der Waals surface area contributed by atoms with Gasteiger partial charge < -0.3 is 10.1 Å². The maximum absolute atomic E-state index is 13.3. The van der Waals surface area contributed by atoms with Gasteiger partial charge >= 0.3 is 5.97 Å². The van der Waals surface area contributed by atoms with Crippen LogP contribution in [0.4, 0.5) is 10.1 Å². The number of carbonyl (C=O) groups is 1. The standard InChI is InChI=1S/C16H15ClFNO2/c1-2-21-16(20)15(19-12-6-4-3-5-7-12)11-8-9-14(18)13(17)10-11/h3-10,15,19H,2H2,1H3. The molecule has 0 radical (unpaired) electrons. The molecule has 5 heteroatoms. The molecule has 0 aliphatic carbocycles. The Morgan fingerprint density at radius 3 is 2.62 bits per heavy atom. The summed E-state index contributed by atoms with van der Waals surface area (Å²) in [7, 11) is 0. The number of benzene rings is 2. The molecule has 0 amide bonds. The predicted octanol–water partition coefficient (Wildman–Crippen LogP) is 4.20. The van der Waals surface area contributed by atoms with Crippen molar-refractivity contribution >= 4 is 23.3 Å². The van der Waals surface area contributed by atoms with Crippen LogP contribution in [0.15, 0.2) is 48.5 Å². The van der Waals surface area contributed by atoms with Crippen molar-refractivity contribution in [2.75, 3.05) is 11.9 Å². The molecular weight excluding hydrogens is 293 g/mol. The first-order valence-electron chi connectivity index (χ1n) is 6.55. The van der Waals surface area contributed by atoms with E-state index in [2.05, 4.69) is 5.32 Å². The highest BCUT2D eigenvalue weighted by Gasteiger charge is 2.22. The Morgan fingerprint density at radius 1 is 1.29 bits per heavy atom.